The zero-order valence-corrected chi connectivity index (χ0v) is 39.0. The Morgan fingerprint density at radius 2 is 0.766 bits per heavy atom. The highest BCUT2D eigenvalue weighted by Gasteiger charge is 2.36. The van der Waals surface area contributed by atoms with Crippen molar-refractivity contribution in [3.8, 4) is 33.4 Å². The summed E-state index contributed by atoms with van der Waals surface area (Å²) in [7, 11) is 0. The molecular formula is C63H71N. The Kier molecular flexibility index (Phi) is 11.9. The van der Waals surface area contributed by atoms with Crippen LogP contribution in [0.3, 0.4) is 0 Å². The number of rotatable bonds is 9. The predicted molar refractivity (Wildman–Crippen MR) is 273 cm³/mol. The Morgan fingerprint density at radius 3 is 1.31 bits per heavy atom. The lowest BCUT2D eigenvalue weighted by Gasteiger charge is -2.30. The molecule has 6 aromatic carbocycles. The Hall–Kier alpha value is -4.88. The minimum atomic E-state index is -0.0827. The van der Waals surface area contributed by atoms with Crippen LogP contribution in [-0.2, 0) is 5.41 Å². The first kappa shape index (κ1) is 41.8. The fourth-order valence-corrected chi connectivity index (χ4v) is 13.3. The molecule has 0 atom stereocenters. The molecule has 0 aliphatic heterocycles. The molecule has 6 aromatic rings. The van der Waals surface area contributed by atoms with Gasteiger partial charge in [0.15, 0.2) is 0 Å². The maximum Gasteiger partial charge on any atom is 0.0473 e. The van der Waals surface area contributed by atoms with E-state index in [-0.39, 0.29) is 5.41 Å². The normalized spacial score (nSPS) is 19.6. The third kappa shape index (κ3) is 8.31. The lowest BCUT2D eigenvalue weighted by molar-refractivity contribution is 0.435. The average Bonchev–Trinajstić information content (AvgIpc) is 3.60. The number of hydrogen-bond acceptors (Lipinski definition) is 1. The van der Waals surface area contributed by atoms with Crippen LogP contribution in [0.4, 0.5) is 17.1 Å². The van der Waals surface area contributed by atoms with E-state index >= 15 is 0 Å². The largest absolute Gasteiger partial charge is 0.310 e. The molecule has 328 valence electrons. The summed E-state index contributed by atoms with van der Waals surface area (Å²) in [5.74, 6) is 2.72. The fraction of sp³-hybridized carbons (Fsp3) is 0.429. The Bertz CT molecular complexity index is 2510. The molecule has 1 heteroatoms. The lowest BCUT2D eigenvalue weighted by Crippen LogP contribution is -2.16. The van der Waals surface area contributed by atoms with Gasteiger partial charge in [0.1, 0.15) is 0 Å². The van der Waals surface area contributed by atoms with E-state index < -0.39 is 0 Å². The standard InChI is InChI=1S/C63H71N/c1-63(2)61-26-16-15-25-59(61)60-36-35-57(43-62(60)63)64(56-33-31-49(32-34-56)45-19-9-4-10-20-45)58-41-54(50-29-27-48(28-30-50)44-17-7-3-8-18-44)40-55(42-58)53-38-51(46-21-11-5-12-22-46)37-52(39-53)47-23-13-6-14-24-47/h15-16,25-47H,3-14,17-24H2,1-2H3. The Balaban J connectivity index is 1.09. The van der Waals surface area contributed by atoms with Gasteiger partial charge < -0.3 is 4.90 Å². The van der Waals surface area contributed by atoms with E-state index in [0.29, 0.717) is 23.7 Å². The molecule has 0 radical (unpaired) electrons. The van der Waals surface area contributed by atoms with Gasteiger partial charge in [-0.2, -0.15) is 0 Å². The molecule has 5 aliphatic carbocycles. The Morgan fingerprint density at radius 1 is 0.328 bits per heavy atom. The molecule has 0 aromatic heterocycles. The summed E-state index contributed by atoms with van der Waals surface area (Å²) in [6.07, 6.45) is 27.1. The average molecular weight is 842 g/mol. The minimum Gasteiger partial charge on any atom is -0.310 e. The van der Waals surface area contributed by atoms with Crippen LogP contribution in [0.25, 0.3) is 33.4 Å². The van der Waals surface area contributed by atoms with E-state index in [0.717, 1.165) is 0 Å². The highest BCUT2D eigenvalue weighted by molar-refractivity contribution is 5.88. The van der Waals surface area contributed by atoms with Gasteiger partial charge in [0.25, 0.3) is 0 Å². The maximum absolute atomic E-state index is 2.66. The second kappa shape index (κ2) is 18.2. The van der Waals surface area contributed by atoms with Gasteiger partial charge in [-0.3, -0.25) is 0 Å². The molecule has 0 spiro atoms. The number of fused-ring (bicyclic) bond motifs is 3. The van der Waals surface area contributed by atoms with Gasteiger partial charge in [-0.15, -0.1) is 0 Å². The van der Waals surface area contributed by atoms with Crippen molar-refractivity contribution in [2.24, 2.45) is 0 Å². The molecule has 1 nitrogen and oxygen atoms in total. The van der Waals surface area contributed by atoms with Crippen molar-refractivity contribution in [1.29, 1.82) is 0 Å². The zero-order chi connectivity index (χ0) is 43.0. The van der Waals surface area contributed by atoms with Crippen molar-refractivity contribution in [2.75, 3.05) is 4.90 Å². The minimum absolute atomic E-state index is 0.0827. The van der Waals surface area contributed by atoms with Crippen LogP contribution < -0.4 is 4.90 Å². The highest BCUT2D eigenvalue weighted by atomic mass is 15.1. The topological polar surface area (TPSA) is 3.24 Å². The van der Waals surface area contributed by atoms with Crippen LogP contribution in [0.2, 0.25) is 0 Å². The van der Waals surface area contributed by atoms with Crippen molar-refractivity contribution in [3.05, 3.63) is 161 Å². The van der Waals surface area contributed by atoms with Gasteiger partial charge in [-0.1, -0.05) is 176 Å². The summed E-state index contributed by atoms with van der Waals surface area (Å²) < 4.78 is 0. The van der Waals surface area contributed by atoms with Gasteiger partial charge in [-0.25, -0.2) is 0 Å². The number of hydrogen-bond donors (Lipinski definition) is 0. The van der Waals surface area contributed by atoms with E-state index in [4.69, 9.17) is 0 Å². The van der Waals surface area contributed by atoms with Gasteiger partial charge in [0.05, 0.1) is 0 Å². The first-order valence-corrected chi connectivity index (χ1v) is 26.0. The van der Waals surface area contributed by atoms with E-state index in [2.05, 4.69) is 146 Å². The van der Waals surface area contributed by atoms with Gasteiger partial charge in [-0.05, 0) is 184 Å². The SMILES string of the molecule is CC1(C)c2ccccc2-c2ccc(N(c3ccc(C4CCCCC4)cc3)c3cc(-c4ccc(C5CCCCC5)cc4)cc(-c4cc(C5CCCCC5)cc(C5CCCCC5)c4)c3)cc21. The van der Waals surface area contributed by atoms with E-state index in [1.165, 1.54) is 201 Å². The molecule has 0 N–H and O–H groups in total. The van der Waals surface area contributed by atoms with Crippen molar-refractivity contribution in [1.82, 2.24) is 0 Å². The van der Waals surface area contributed by atoms with E-state index in [1.807, 2.05) is 0 Å². The van der Waals surface area contributed by atoms with E-state index in [9.17, 15) is 0 Å². The highest BCUT2D eigenvalue weighted by Crippen LogP contribution is 2.51. The monoisotopic (exact) mass is 842 g/mol. The fourth-order valence-electron chi connectivity index (χ4n) is 13.3. The molecule has 0 bridgehead atoms. The van der Waals surface area contributed by atoms with Crippen molar-refractivity contribution >= 4 is 17.1 Å². The third-order valence-corrected chi connectivity index (χ3v) is 17.0. The first-order chi connectivity index (χ1) is 31.5. The summed E-state index contributed by atoms with van der Waals surface area (Å²) in [5, 5.41) is 0. The summed E-state index contributed by atoms with van der Waals surface area (Å²) in [6, 6.07) is 51.5. The van der Waals surface area contributed by atoms with Gasteiger partial charge in [0.2, 0.25) is 0 Å². The van der Waals surface area contributed by atoms with Crippen molar-refractivity contribution < 1.29 is 0 Å². The first-order valence-electron chi connectivity index (χ1n) is 26.0. The molecule has 64 heavy (non-hydrogen) atoms. The van der Waals surface area contributed by atoms with E-state index in [1.54, 1.807) is 11.1 Å². The number of benzene rings is 6. The Labute approximate surface area is 385 Å². The van der Waals surface area contributed by atoms with Crippen molar-refractivity contribution in [3.63, 3.8) is 0 Å². The predicted octanol–water partition coefficient (Wildman–Crippen LogP) is 19.0. The van der Waals surface area contributed by atoms with Crippen LogP contribution in [-0.4, -0.2) is 0 Å². The summed E-state index contributed by atoms with van der Waals surface area (Å²) >= 11 is 0. The number of nitrogens with zero attached hydrogens (tertiary/aromatic N) is 1. The molecule has 4 fully saturated rings. The van der Waals surface area contributed by atoms with Crippen LogP contribution in [0.15, 0.2) is 127 Å². The van der Waals surface area contributed by atoms with Gasteiger partial charge >= 0.3 is 0 Å². The third-order valence-electron chi connectivity index (χ3n) is 17.0. The van der Waals surface area contributed by atoms with Crippen LogP contribution in [0.1, 0.15) is 199 Å². The van der Waals surface area contributed by atoms with Crippen molar-refractivity contribution in [2.45, 2.75) is 171 Å². The number of anilines is 3. The van der Waals surface area contributed by atoms with Crippen LogP contribution in [0.5, 0.6) is 0 Å². The second-order valence-electron chi connectivity index (χ2n) is 21.4. The molecule has 0 unspecified atom stereocenters. The molecular weight excluding hydrogens is 771 g/mol. The molecule has 11 rings (SSSR count). The van der Waals surface area contributed by atoms with Gasteiger partial charge in [0, 0.05) is 22.5 Å². The van der Waals surface area contributed by atoms with Crippen LogP contribution >= 0.6 is 0 Å². The summed E-state index contributed by atoms with van der Waals surface area (Å²) in [4.78, 5) is 2.60. The quantitative estimate of drug-likeness (QED) is 0.140. The molecule has 5 aliphatic rings. The lowest BCUT2D eigenvalue weighted by atomic mass is 9.78. The summed E-state index contributed by atoms with van der Waals surface area (Å²) in [6.45, 7) is 4.84. The molecule has 0 saturated heterocycles. The molecule has 0 amide bonds. The maximum atomic E-state index is 2.66. The smallest absolute Gasteiger partial charge is 0.0473 e. The molecule has 0 heterocycles. The van der Waals surface area contributed by atoms with Crippen LogP contribution in [0, 0.1) is 0 Å². The zero-order valence-electron chi connectivity index (χ0n) is 39.0. The second-order valence-corrected chi connectivity index (χ2v) is 21.4. The molecule has 4 saturated carbocycles. The summed E-state index contributed by atoms with van der Waals surface area (Å²) in [5.41, 5.74) is 20.8.